The van der Waals surface area contributed by atoms with Crippen molar-refractivity contribution in [2.45, 2.75) is 13.0 Å². The summed E-state index contributed by atoms with van der Waals surface area (Å²) in [6, 6.07) is 7.68. The summed E-state index contributed by atoms with van der Waals surface area (Å²) in [5.41, 5.74) is 2.67. The quantitative estimate of drug-likeness (QED) is 0.897. The summed E-state index contributed by atoms with van der Waals surface area (Å²) in [5, 5.41) is 7.81. The summed E-state index contributed by atoms with van der Waals surface area (Å²) < 4.78 is 1.86. The van der Waals surface area contributed by atoms with Crippen LogP contribution in [0.5, 0.6) is 0 Å². The number of amides is 1. The van der Waals surface area contributed by atoms with Crippen LogP contribution >= 0.6 is 11.6 Å². The Labute approximate surface area is 110 Å². The molecule has 1 aromatic carbocycles. The maximum atomic E-state index is 11.6. The van der Waals surface area contributed by atoms with Crippen molar-refractivity contribution in [3.63, 3.8) is 0 Å². The Bertz CT molecular complexity index is 606. The molecule has 0 fully saturated rings. The maximum Gasteiger partial charge on any atom is 0.254 e. The average Bonchev–Trinajstić information content (AvgIpc) is 2.77. The molecule has 0 spiro atoms. The lowest BCUT2D eigenvalue weighted by molar-refractivity contribution is 0.0945. The van der Waals surface area contributed by atoms with E-state index < -0.39 is 0 Å². The molecule has 18 heavy (non-hydrogen) atoms. The number of fused-ring (bicyclic) bond motifs is 1. The summed E-state index contributed by atoms with van der Waals surface area (Å²) in [5.74, 6) is -0.0401. The van der Waals surface area contributed by atoms with E-state index in [2.05, 4.69) is 10.4 Å². The SMILES string of the molecule is O=C1NCCc2c1cnn2Cc1ccccc1Cl. The van der Waals surface area contributed by atoms with Gasteiger partial charge in [0.15, 0.2) is 0 Å². The van der Waals surface area contributed by atoms with Gasteiger partial charge >= 0.3 is 0 Å². The van der Waals surface area contributed by atoms with Gasteiger partial charge in [-0.1, -0.05) is 29.8 Å². The Hall–Kier alpha value is -1.81. The van der Waals surface area contributed by atoms with E-state index in [1.54, 1.807) is 6.20 Å². The van der Waals surface area contributed by atoms with Gasteiger partial charge in [0.25, 0.3) is 5.91 Å². The molecule has 1 aliphatic rings. The third-order valence-corrected chi connectivity index (χ3v) is 3.49. The predicted octanol–water partition coefficient (Wildman–Crippen LogP) is 1.87. The van der Waals surface area contributed by atoms with Gasteiger partial charge in [0.2, 0.25) is 0 Å². The molecule has 1 amide bonds. The van der Waals surface area contributed by atoms with E-state index in [9.17, 15) is 4.79 Å². The van der Waals surface area contributed by atoms with Crippen LogP contribution in [-0.4, -0.2) is 22.2 Å². The molecule has 0 aliphatic carbocycles. The van der Waals surface area contributed by atoms with Gasteiger partial charge in [0.1, 0.15) is 0 Å². The summed E-state index contributed by atoms with van der Waals surface area (Å²) in [6.07, 6.45) is 2.44. The lowest BCUT2D eigenvalue weighted by Gasteiger charge is -2.15. The number of benzene rings is 1. The molecule has 5 heteroatoms. The third-order valence-electron chi connectivity index (χ3n) is 3.12. The van der Waals surface area contributed by atoms with E-state index in [4.69, 9.17) is 11.6 Å². The van der Waals surface area contributed by atoms with Crippen molar-refractivity contribution in [2.24, 2.45) is 0 Å². The van der Waals surface area contributed by atoms with Gasteiger partial charge in [-0.25, -0.2) is 0 Å². The van der Waals surface area contributed by atoms with Crippen LogP contribution in [0.15, 0.2) is 30.5 Å². The highest BCUT2D eigenvalue weighted by atomic mass is 35.5. The van der Waals surface area contributed by atoms with Gasteiger partial charge in [-0.3, -0.25) is 9.48 Å². The number of hydrogen-bond acceptors (Lipinski definition) is 2. The standard InChI is InChI=1S/C13H12ClN3O/c14-11-4-2-1-3-9(11)8-17-12-5-6-15-13(18)10(12)7-16-17/h1-4,7H,5-6,8H2,(H,15,18). The summed E-state index contributed by atoms with van der Waals surface area (Å²) >= 11 is 6.13. The predicted molar refractivity (Wildman–Crippen MR) is 68.8 cm³/mol. The number of hydrogen-bond donors (Lipinski definition) is 1. The van der Waals surface area contributed by atoms with E-state index >= 15 is 0 Å². The van der Waals surface area contributed by atoms with Gasteiger partial charge in [-0.15, -0.1) is 0 Å². The second kappa shape index (κ2) is 4.46. The minimum atomic E-state index is -0.0401. The highest BCUT2D eigenvalue weighted by Gasteiger charge is 2.21. The molecule has 0 radical (unpaired) electrons. The first kappa shape index (κ1) is 11.3. The zero-order valence-corrected chi connectivity index (χ0v) is 10.4. The van der Waals surface area contributed by atoms with Gasteiger partial charge in [0.05, 0.1) is 24.0 Å². The molecule has 3 rings (SSSR count). The molecular formula is C13H12ClN3O. The molecule has 92 valence electrons. The van der Waals surface area contributed by atoms with E-state index in [1.165, 1.54) is 0 Å². The van der Waals surface area contributed by atoms with Gasteiger partial charge in [0, 0.05) is 18.0 Å². The molecular weight excluding hydrogens is 250 g/mol. The zero-order chi connectivity index (χ0) is 12.5. The maximum absolute atomic E-state index is 11.6. The number of aromatic nitrogens is 2. The molecule has 1 aromatic heterocycles. The molecule has 0 bridgehead atoms. The smallest absolute Gasteiger partial charge is 0.254 e. The molecule has 4 nitrogen and oxygen atoms in total. The summed E-state index contributed by atoms with van der Waals surface area (Å²) in [4.78, 5) is 11.6. The van der Waals surface area contributed by atoms with Crippen molar-refractivity contribution in [3.05, 3.63) is 52.3 Å². The van der Waals surface area contributed by atoms with Crippen LogP contribution in [0.4, 0.5) is 0 Å². The van der Waals surface area contributed by atoms with Crippen molar-refractivity contribution < 1.29 is 4.79 Å². The summed E-state index contributed by atoms with van der Waals surface area (Å²) in [6.45, 7) is 1.27. The molecule has 2 heterocycles. The Kier molecular flexibility index (Phi) is 2.80. The Morgan fingerprint density at radius 1 is 1.39 bits per heavy atom. The van der Waals surface area contributed by atoms with Gasteiger partial charge < -0.3 is 5.32 Å². The van der Waals surface area contributed by atoms with Crippen LogP contribution < -0.4 is 5.32 Å². The van der Waals surface area contributed by atoms with E-state index in [-0.39, 0.29) is 5.91 Å². The van der Waals surface area contributed by atoms with E-state index in [0.29, 0.717) is 18.7 Å². The van der Waals surface area contributed by atoms with Crippen LogP contribution in [0.3, 0.4) is 0 Å². The largest absolute Gasteiger partial charge is 0.352 e. The normalized spacial score (nSPS) is 14.2. The van der Waals surface area contributed by atoms with Crippen molar-refractivity contribution in [1.82, 2.24) is 15.1 Å². The lowest BCUT2D eigenvalue weighted by Crippen LogP contribution is -2.32. The van der Waals surface area contributed by atoms with Crippen LogP contribution in [0, 0.1) is 0 Å². The Morgan fingerprint density at radius 2 is 2.22 bits per heavy atom. The minimum Gasteiger partial charge on any atom is -0.352 e. The monoisotopic (exact) mass is 261 g/mol. The molecule has 0 unspecified atom stereocenters. The van der Waals surface area contributed by atoms with E-state index in [1.807, 2.05) is 28.9 Å². The van der Waals surface area contributed by atoms with Crippen molar-refractivity contribution in [1.29, 1.82) is 0 Å². The highest BCUT2D eigenvalue weighted by Crippen LogP contribution is 2.19. The van der Waals surface area contributed by atoms with Gasteiger partial charge in [-0.05, 0) is 11.6 Å². The first-order chi connectivity index (χ1) is 8.75. The van der Waals surface area contributed by atoms with Gasteiger partial charge in [-0.2, -0.15) is 5.10 Å². The lowest BCUT2D eigenvalue weighted by atomic mass is 10.1. The molecule has 1 N–H and O–H groups in total. The van der Waals surface area contributed by atoms with Crippen LogP contribution in [0.2, 0.25) is 5.02 Å². The molecule has 0 saturated carbocycles. The average molecular weight is 262 g/mol. The first-order valence-electron chi connectivity index (χ1n) is 5.82. The topological polar surface area (TPSA) is 46.9 Å². The number of carbonyl (C=O) groups is 1. The van der Waals surface area contributed by atoms with Crippen LogP contribution in [0.1, 0.15) is 21.6 Å². The second-order valence-electron chi connectivity index (χ2n) is 4.26. The fourth-order valence-corrected chi connectivity index (χ4v) is 2.37. The van der Waals surface area contributed by atoms with Crippen molar-refractivity contribution in [2.75, 3.05) is 6.54 Å². The second-order valence-corrected chi connectivity index (χ2v) is 4.67. The highest BCUT2D eigenvalue weighted by molar-refractivity contribution is 6.31. The molecule has 0 atom stereocenters. The first-order valence-corrected chi connectivity index (χ1v) is 6.20. The Morgan fingerprint density at radius 3 is 3.06 bits per heavy atom. The molecule has 1 aliphatic heterocycles. The van der Waals surface area contributed by atoms with Crippen LogP contribution in [-0.2, 0) is 13.0 Å². The summed E-state index contributed by atoms with van der Waals surface area (Å²) in [7, 11) is 0. The fraction of sp³-hybridized carbons (Fsp3) is 0.231. The number of halogens is 1. The zero-order valence-electron chi connectivity index (χ0n) is 9.69. The fourth-order valence-electron chi connectivity index (χ4n) is 2.18. The third kappa shape index (κ3) is 1.88. The number of rotatable bonds is 2. The number of carbonyl (C=O) groups excluding carboxylic acids is 1. The molecule has 2 aromatic rings. The van der Waals surface area contributed by atoms with Crippen molar-refractivity contribution >= 4 is 17.5 Å². The van der Waals surface area contributed by atoms with Crippen LogP contribution in [0.25, 0.3) is 0 Å². The Balaban J connectivity index is 1.95. The minimum absolute atomic E-state index is 0.0401. The number of nitrogens with zero attached hydrogens (tertiary/aromatic N) is 2. The van der Waals surface area contributed by atoms with Crippen molar-refractivity contribution in [3.8, 4) is 0 Å². The molecule has 0 saturated heterocycles. The van der Waals surface area contributed by atoms with E-state index in [0.717, 1.165) is 22.7 Å². The number of nitrogens with one attached hydrogen (secondary N) is 1.